The first kappa shape index (κ1) is 14.7. The Morgan fingerprint density at radius 2 is 1.86 bits per heavy atom. The summed E-state index contributed by atoms with van der Waals surface area (Å²) in [7, 11) is 0. The molecule has 0 unspecified atom stereocenters. The number of benzene rings is 1. The monoisotopic (exact) mass is 298 g/mol. The highest BCUT2D eigenvalue weighted by molar-refractivity contribution is 5.43. The molecule has 0 radical (unpaired) electrons. The first-order valence-corrected chi connectivity index (χ1v) is 5.75. The smallest absolute Gasteiger partial charge is 0.364 e. The van der Waals surface area contributed by atoms with Gasteiger partial charge in [-0.3, -0.25) is 10.1 Å². The third-order valence-electron chi connectivity index (χ3n) is 2.60. The lowest BCUT2D eigenvalue weighted by Crippen LogP contribution is -2.10. The quantitative estimate of drug-likeness (QED) is 0.693. The number of nitro benzene ring substituents is 1. The van der Waals surface area contributed by atoms with E-state index >= 15 is 0 Å². The molecule has 1 N–H and O–H groups in total. The number of rotatable bonds is 4. The summed E-state index contributed by atoms with van der Waals surface area (Å²) in [6.07, 6.45) is -4.55. The van der Waals surface area contributed by atoms with Crippen LogP contribution in [0.1, 0.15) is 11.3 Å². The van der Waals surface area contributed by atoms with Crippen molar-refractivity contribution in [1.29, 1.82) is 0 Å². The van der Waals surface area contributed by atoms with Gasteiger partial charge in [-0.25, -0.2) is 0 Å². The van der Waals surface area contributed by atoms with Gasteiger partial charge in [-0.05, 0) is 12.1 Å². The Hall–Kier alpha value is -2.71. The minimum Gasteiger partial charge on any atom is -0.364 e. The van der Waals surface area contributed by atoms with E-state index in [1.54, 1.807) is 12.1 Å². The molecule has 0 spiro atoms. The van der Waals surface area contributed by atoms with Crippen molar-refractivity contribution < 1.29 is 18.1 Å². The highest BCUT2D eigenvalue weighted by Gasteiger charge is 2.32. The second kappa shape index (κ2) is 5.73. The molecule has 0 saturated carbocycles. The normalized spacial score (nSPS) is 11.2. The standard InChI is InChI=1S/C12H9F3N4O2/c13-12(14,15)10-5-6-11(18-17-10)16-7-8-3-1-2-4-9(8)19(20)21/h1-6H,7H2,(H,16,18). The van der Waals surface area contributed by atoms with Crippen LogP contribution in [-0.4, -0.2) is 15.1 Å². The minimum atomic E-state index is -4.55. The van der Waals surface area contributed by atoms with E-state index in [0.29, 0.717) is 5.56 Å². The molecule has 0 atom stereocenters. The van der Waals surface area contributed by atoms with Crippen LogP contribution < -0.4 is 5.32 Å². The number of alkyl halides is 3. The first-order chi connectivity index (χ1) is 9.88. The molecular weight excluding hydrogens is 289 g/mol. The lowest BCUT2D eigenvalue weighted by Gasteiger charge is -2.07. The van der Waals surface area contributed by atoms with E-state index in [4.69, 9.17) is 0 Å². The van der Waals surface area contributed by atoms with Gasteiger partial charge in [0.2, 0.25) is 0 Å². The largest absolute Gasteiger partial charge is 0.435 e. The van der Waals surface area contributed by atoms with Gasteiger partial charge in [0.1, 0.15) is 5.82 Å². The molecule has 9 heteroatoms. The minimum absolute atomic E-state index is 0.0528. The molecule has 1 aromatic heterocycles. The highest BCUT2D eigenvalue weighted by atomic mass is 19.4. The van der Waals surface area contributed by atoms with Gasteiger partial charge >= 0.3 is 6.18 Å². The van der Waals surface area contributed by atoms with Gasteiger partial charge in [-0.1, -0.05) is 18.2 Å². The zero-order valence-corrected chi connectivity index (χ0v) is 10.5. The summed E-state index contributed by atoms with van der Waals surface area (Å²) in [5.41, 5.74) is -0.784. The molecule has 21 heavy (non-hydrogen) atoms. The Morgan fingerprint density at radius 3 is 2.43 bits per heavy atom. The predicted octanol–water partition coefficient (Wildman–Crippen LogP) is 3.02. The van der Waals surface area contributed by atoms with E-state index in [-0.39, 0.29) is 18.1 Å². The summed E-state index contributed by atoms with van der Waals surface area (Å²) in [4.78, 5) is 10.3. The first-order valence-electron chi connectivity index (χ1n) is 5.75. The van der Waals surface area contributed by atoms with E-state index in [2.05, 4.69) is 15.5 Å². The third kappa shape index (κ3) is 3.65. The maximum Gasteiger partial charge on any atom is 0.435 e. The van der Waals surface area contributed by atoms with Gasteiger partial charge in [0.15, 0.2) is 5.69 Å². The molecule has 0 aliphatic heterocycles. The van der Waals surface area contributed by atoms with Crippen LogP contribution in [0.4, 0.5) is 24.7 Å². The molecule has 0 amide bonds. The Labute approximate surface area is 116 Å². The van der Waals surface area contributed by atoms with E-state index in [0.717, 1.165) is 12.1 Å². The Morgan fingerprint density at radius 1 is 1.14 bits per heavy atom. The van der Waals surface area contributed by atoms with Gasteiger partial charge < -0.3 is 5.32 Å². The average Bonchev–Trinajstić information content (AvgIpc) is 2.45. The van der Waals surface area contributed by atoms with Gasteiger partial charge in [-0.2, -0.15) is 13.2 Å². The van der Waals surface area contributed by atoms with E-state index in [1.165, 1.54) is 12.1 Å². The fourth-order valence-electron chi connectivity index (χ4n) is 1.60. The van der Waals surface area contributed by atoms with Crippen molar-refractivity contribution in [1.82, 2.24) is 10.2 Å². The molecule has 110 valence electrons. The van der Waals surface area contributed by atoms with Gasteiger partial charge in [-0.15, -0.1) is 10.2 Å². The average molecular weight is 298 g/mol. The Balaban J connectivity index is 2.09. The molecule has 0 aliphatic carbocycles. The maximum absolute atomic E-state index is 12.3. The van der Waals surface area contributed by atoms with Crippen LogP contribution in [0.15, 0.2) is 36.4 Å². The van der Waals surface area contributed by atoms with Crippen LogP contribution in [0, 0.1) is 10.1 Å². The van der Waals surface area contributed by atoms with E-state index in [1.807, 2.05) is 0 Å². The van der Waals surface area contributed by atoms with Gasteiger partial charge in [0, 0.05) is 18.2 Å². The number of hydrogen-bond acceptors (Lipinski definition) is 5. The van der Waals surface area contributed by atoms with Crippen molar-refractivity contribution in [2.45, 2.75) is 12.7 Å². The van der Waals surface area contributed by atoms with Crippen LogP contribution >= 0.6 is 0 Å². The molecule has 0 bridgehead atoms. The molecule has 0 saturated heterocycles. The van der Waals surface area contributed by atoms with Crippen LogP contribution in [0.2, 0.25) is 0 Å². The van der Waals surface area contributed by atoms with E-state index < -0.39 is 16.8 Å². The molecular formula is C12H9F3N4O2. The summed E-state index contributed by atoms with van der Waals surface area (Å²) in [6, 6.07) is 7.94. The van der Waals surface area contributed by atoms with Crippen molar-refractivity contribution in [2.24, 2.45) is 0 Å². The second-order valence-corrected chi connectivity index (χ2v) is 4.04. The molecule has 0 aliphatic rings. The number of para-hydroxylation sites is 1. The highest BCUT2D eigenvalue weighted by Crippen LogP contribution is 2.27. The molecule has 6 nitrogen and oxygen atoms in total. The van der Waals surface area contributed by atoms with Gasteiger partial charge in [0.25, 0.3) is 5.69 Å². The molecule has 0 fully saturated rings. The summed E-state index contributed by atoms with van der Waals surface area (Å²) in [5, 5.41) is 19.9. The number of aromatic nitrogens is 2. The second-order valence-electron chi connectivity index (χ2n) is 4.04. The number of nitrogens with zero attached hydrogens (tertiary/aromatic N) is 3. The molecule has 1 heterocycles. The number of nitro groups is 1. The summed E-state index contributed by atoms with van der Waals surface area (Å²) in [6.45, 7) is 0.0528. The SMILES string of the molecule is O=[N+]([O-])c1ccccc1CNc1ccc(C(F)(F)F)nn1. The van der Waals surface area contributed by atoms with Crippen molar-refractivity contribution in [3.05, 3.63) is 57.8 Å². The van der Waals surface area contributed by atoms with Crippen LogP contribution in [0.25, 0.3) is 0 Å². The maximum atomic E-state index is 12.3. The third-order valence-corrected chi connectivity index (χ3v) is 2.60. The number of anilines is 1. The number of halogens is 3. The lowest BCUT2D eigenvalue weighted by atomic mass is 10.2. The van der Waals surface area contributed by atoms with Crippen molar-refractivity contribution >= 4 is 11.5 Å². The lowest BCUT2D eigenvalue weighted by molar-refractivity contribution is -0.385. The zero-order chi connectivity index (χ0) is 15.5. The summed E-state index contributed by atoms with van der Waals surface area (Å²) >= 11 is 0. The van der Waals surface area contributed by atoms with Crippen molar-refractivity contribution in [3.63, 3.8) is 0 Å². The fourth-order valence-corrected chi connectivity index (χ4v) is 1.60. The fraction of sp³-hybridized carbons (Fsp3) is 0.167. The molecule has 2 aromatic rings. The molecule has 2 rings (SSSR count). The van der Waals surface area contributed by atoms with E-state index in [9.17, 15) is 23.3 Å². The van der Waals surface area contributed by atoms with Crippen molar-refractivity contribution in [2.75, 3.05) is 5.32 Å². The van der Waals surface area contributed by atoms with Crippen LogP contribution in [0.5, 0.6) is 0 Å². The van der Waals surface area contributed by atoms with Gasteiger partial charge in [0.05, 0.1) is 4.92 Å². The number of nitrogens with one attached hydrogen (secondary N) is 1. The molecule has 1 aromatic carbocycles. The summed E-state index contributed by atoms with van der Waals surface area (Å²) < 4.78 is 36.9. The Bertz CT molecular complexity index is 644. The predicted molar refractivity (Wildman–Crippen MR) is 67.5 cm³/mol. The van der Waals surface area contributed by atoms with Crippen molar-refractivity contribution in [3.8, 4) is 0 Å². The van der Waals surface area contributed by atoms with Crippen LogP contribution in [0.3, 0.4) is 0 Å². The topological polar surface area (TPSA) is 81.0 Å². The Kier molecular flexibility index (Phi) is 4.01. The van der Waals surface area contributed by atoms with Crippen LogP contribution in [-0.2, 0) is 12.7 Å². The zero-order valence-electron chi connectivity index (χ0n) is 10.5. The summed E-state index contributed by atoms with van der Waals surface area (Å²) in [5.74, 6) is 0.0983. The number of hydrogen-bond donors (Lipinski definition) is 1.